The van der Waals surface area contributed by atoms with E-state index >= 15 is 0 Å². The molecule has 9 heteroatoms. The summed E-state index contributed by atoms with van der Waals surface area (Å²) >= 11 is 0. The number of nitrogens with one attached hydrogen (secondary N) is 2. The van der Waals surface area contributed by atoms with Crippen molar-refractivity contribution in [1.29, 1.82) is 0 Å². The van der Waals surface area contributed by atoms with Crippen molar-refractivity contribution in [1.82, 2.24) is 10.6 Å². The van der Waals surface area contributed by atoms with E-state index in [2.05, 4.69) is 10.6 Å². The monoisotopic (exact) mass is 343 g/mol. The summed E-state index contributed by atoms with van der Waals surface area (Å²) in [7, 11) is 0. The summed E-state index contributed by atoms with van der Waals surface area (Å²) in [4.78, 5) is 34.7. The maximum Gasteiger partial charge on any atom is 0.416 e. The first-order chi connectivity index (χ1) is 11.2. The quantitative estimate of drug-likeness (QED) is 0.725. The third kappa shape index (κ3) is 4.24. The Morgan fingerprint density at radius 1 is 1.33 bits per heavy atom. The minimum absolute atomic E-state index is 0.149. The van der Waals surface area contributed by atoms with E-state index < -0.39 is 42.1 Å². The third-order valence-electron chi connectivity index (χ3n) is 3.72. The van der Waals surface area contributed by atoms with Gasteiger partial charge in [0.15, 0.2) is 0 Å². The molecule has 130 valence electrons. The van der Waals surface area contributed by atoms with Crippen molar-refractivity contribution in [3.05, 3.63) is 35.4 Å². The number of amides is 3. The Morgan fingerprint density at radius 2 is 2.00 bits per heavy atom. The van der Waals surface area contributed by atoms with Crippen LogP contribution < -0.4 is 16.4 Å². The van der Waals surface area contributed by atoms with Crippen LogP contribution in [0.3, 0.4) is 0 Å². The topological polar surface area (TPSA) is 101 Å². The number of alkyl halides is 3. The maximum absolute atomic E-state index is 13.0. The Balaban J connectivity index is 2.14. The molecule has 1 aliphatic heterocycles. The number of hydrogen-bond donors (Lipinski definition) is 3. The number of nitrogens with two attached hydrogens (primary N) is 1. The fourth-order valence-electron chi connectivity index (χ4n) is 2.50. The molecule has 0 spiro atoms. The molecule has 0 bridgehead atoms. The molecule has 3 amide bonds. The maximum atomic E-state index is 13.0. The molecule has 0 aliphatic carbocycles. The molecular formula is C15H16F3N3O3. The van der Waals surface area contributed by atoms with Gasteiger partial charge < -0.3 is 16.4 Å². The van der Waals surface area contributed by atoms with E-state index in [-0.39, 0.29) is 24.3 Å². The van der Waals surface area contributed by atoms with Gasteiger partial charge in [-0.15, -0.1) is 0 Å². The molecule has 6 nitrogen and oxygen atoms in total. The molecule has 0 saturated carbocycles. The highest BCUT2D eigenvalue weighted by atomic mass is 19.4. The van der Waals surface area contributed by atoms with Gasteiger partial charge in [-0.3, -0.25) is 14.4 Å². The van der Waals surface area contributed by atoms with Crippen LogP contribution in [0.2, 0.25) is 0 Å². The molecule has 24 heavy (non-hydrogen) atoms. The van der Waals surface area contributed by atoms with Crippen LogP contribution in [-0.2, 0) is 27.0 Å². The van der Waals surface area contributed by atoms with Crippen molar-refractivity contribution in [2.75, 3.05) is 0 Å². The van der Waals surface area contributed by atoms with E-state index in [0.29, 0.717) is 0 Å². The van der Waals surface area contributed by atoms with Gasteiger partial charge in [0.1, 0.15) is 12.1 Å². The Bertz CT molecular complexity index is 661. The molecule has 4 N–H and O–H groups in total. The number of primary amides is 1. The standard InChI is InChI=1S/C15H16F3N3O3/c16-15(17,18)9-4-2-1-3-8(9)7-11(13(19)23)21-14(24)10-5-6-12(22)20-10/h1-4,10-11H,5-7H2,(H2,19,23)(H,20,22)(H,21,24)/t10-,11-/m1/s1. The Hall–Kier alpha value is -2.58. The van der Waals surface area contributed by atoms with Gasteiger partial charge in [-0.05, 0) is 18.1 Å². The van der Waals surface area contributed by atoms with Crippen molar-refractivity contribution >= 4 is 17.7 Å². The van der Waals surface area contributed by atoms with Crippen LogP contribution in [0.4, 0.5) is 13.2 Å². The highest BCUT2D eigenvalue weighted by Crippen LogP contribution is 2.32. The van der Waals surface area contributed by atoms with Crippen LogP contribution in [0.5, 0.6) is 0 Å². The van der Waals surface area contributed by atoms with E-state index in [9.17, 15) is 27.6 Å². The zero-order valence-electron chi connectivity index (χ0n) is 12.5. The number of benzene rings is 1. The summed E-state index contributed by atoms with van der Waals surface area (Å²) in [6.07, 6.45) is -4.54. The van der Waals surface area contributed by atoms with Crippen LogP contribution >= 0.6 is 0 Å². The first-order valence-electron chi connectivity index (χ1n) is 7.22. The van der Waals surface area contributed by atoms with Crippen molar-refractivity contribution in [3.63, 3.8) is 0 Å². The highest BCUT2D eigenvalue weighted by molar-refractivity contribution is 5.93. The minimum Gasteiger partial charge on any atom is -0.368 e. The molecule has 1 fully saturated rings. The van der Waals surface area contributed by atoms with E-state index in [0.717, 1.165) is 6.07 Å². The van der Waals surface area contributed by atoms with Gasteiger partial charge in [0.25, 0.3) is 0 Å². The van der Waals surface area contributed by atoms with Crippen LogP contribution in [0.15, 0.2) is 24.3 Å². The molecule has 0 unspecified atom stereocenters. The zero-order chi connectivity index (χ0) is 17.9. The average Bonchev–Trinajstić information content (AvgIpc) is 2.92. The minimum atomic E-state index is -4.58. The van der Waals surface area contributed by atoms with E-state index in [1.54, 1.807) is 0 Å². The van der Waals surface area contributed by atoms with Crippen LogP contribution in [0, 0.1) is 0 Å². The van der Waals surface area contributed by atoms with Crippen LogP contribution in [0.1, 0.15) is 24.0 Å². The summed E-state index contributed by atoms with van der Waals surface area (Å²) < 4.78 is 39.0. The lowest BCUT2D eigenvalue weighted by Gasteiger charge is -2.20. The second-order valence-corrected chi connectivity index (χ2v) is 5.48. The molecule has 0 aromatic heterocycles. The Labute approximate surface area is 135 Å². The largest absolute Gasteiger partial charge is 0.416 e. The third-order valence-corrected chi connectivity index (χ3v) is 3.72. The second kappa shape index (κ2) is 6.90. The van der Waals surface area contributed by atoms with Crippen molar-refractivity contribution in [3.8, 4) is 0 Å². The number of carbonyl (C=O) groups excluding carboxylic acids is 3. The normalized spacial score (nSPS) is 18.8. The van der Waals surface area contributed by atoms with Gasteiger partial charge in [-0.2, -0.15) is 13.2 Å². The summed E-state index contributed by atoms with van der Waals surface area (Å²) in [5, 5.41) is 4.72. The van der Waals surface area contributed by atoms with Gasteiger partial charge in [-0.1, -0.05) is 18.2 Å². The fraction of sp³-hybridized carbons (Fsp3) is 0.400. The van der Waals surface area contributed by atoms with Gasteiger partial charge in [0.2, 0.25) is 17.7 Å². The number of rotatable bonds is 5. The Morgan fingerprint density at radius 3 is 2.54 bits per heavy atom. The second-order valence-electron chi connectivity index (χ2n) is 5.48. The lowest BCUT2D eigenvalue weighted by molar-refractivity contribution is -0.138. The Kier molecular flexibility index (Phi) is 5.10. The van der Waals surface area contributed by atoms with Gasteiger partial charge in [0, 0.05) is 12.8 Å². The van der Waals surface area contributed by atoms with Crippen LogP contribution in [0.25, 0.3) is 0 Å². The number of hydrogen-bond acceptors (Lipinski definition) is 3. The molecule has 1 aromatic carbocycles. The first-order valence-corrected chi connectivity index (χ1v) is 7.22. The summed E-state index contributed by atoms with van der Waals surface area (Å²) in [6.45, 7) is 0. The predicted molar refractivity (Wildman–Crippen MR) is 77.4 cm³/mol. The van der Waals surface area contributed by atoms with Crippen molar-refractivity contribution in [2.45, 2.75) is 37.5 Å². The molecule has 2 atom stereocenters. The van der Waals surface area contributed by atoms with Crippen LogP contribution in [-0.4, -0.2) is 29.8 Å². The lowest BCUT2D eigenvalue weighted by Crippen LogP contribution is -2.51. The lowest BCUT2D eigenvalue weighted by atomic mass is 9.99. The molecule has 1 aromatic rings. The van der Waals surface area contributed by atoms with Gasteiger partial charge in [-0.25, -0.2) is 0 Å². The number of carbonyl (C=O) groups is 3. The predicted octanol–water partition coefficient (Wildman–Crippen LogP) is 0.497. The molecule has 1 saturated heterocycles. The van der Waals surface area contributed by atoms with Crippen molar-refractivity contribution < 1.29 is 27.6 Å². The van der Waals surface area contributed by atoms with E-state index in [1.165, 1.54) is 18.2 Å². The molecule has 2 rings (SSSR count). The van der Waals surface area contributed by atoms with E-state index in [4.69, 9.17) is 5.73 Å². The summed E-state index contributed by atoms with van der Waals surface area (Å²) in [5.74, 6) is -1.90. The molecule has 1 heterocycles. The zero-order valence-corrected chi connectivity index (χ0v) is 12.5. The average molecular weight is 343 g/mol. The molecular weight excluding hydrogens is 327 g/mol. The SMILES string of the molecule is NC(=O)[C@@H](Cc1ccccc1C(F)(F)F)NC(=O)[C@H]1CCC(=O)N1. The van der Waals surface area contributed by atoms with Gasteiger partial charge in [0.05, 0.1) is 5.56 Å². The molecule has 0 radical (unpaired) electrons. The number of halogens is 3. The van der Waals surface area contributed by atoms with Crippen molar-refractivity contribution in [2.24, 2.45) is 5.73 Å². The first kappa shape index (κ1) is 17.8. The fourth-order valence-corrected chi connectivity index (χ4v) is 2.50. The summed E-state index contributed by atoms with van der Waals surface area (Å²) in [6, 6.07) is 2.64. The highest BCUT2D eigenvalue weighted by Gasteiger charge is 2.35. The van der Waals surface area contributed by atoms with Gasteiger partial charge >= 0.3 is 6.18 Å². The smallest absolute Gasteiger partial charge is 0.368 e. The van der Waals surface area contributed by atoms with E-state index in [1.807, 2.05) is 0 Å². The molecule has 1 aliphatic rings. The summed E-state index contributed by atoms with van der Waals surface area (Å²) in [5.41, 5.74) is 4.16.